The molecular formula is C18H21FN6O. The van der Waals surface area contributed by atoms with Crippen molar-refractivity contribution >= 4 is 11.5 Å². The summed E-state index contributed by atoms with van der Waals surface area (Å²) >= 11 is 0. The molecule has 0 saturated carbocycles. The van der Waals surface area contributed by atoms with Gasteiger partial charge in [-0.2, -0.15) is 5.10 Å². The van der Waals surface area contributed by atoms with Crippen molar-refractivity contribution in [3.05, 3.63) is 42.5 Å². The van der Waals surface area contributed by atoms with E-state index in [1.165, 1.54) is 6.07 Å². The van der Waals surface area contributed by atoms with Crippen molar-refractivity contribution in [2.75, 3.05) is 44.6 Å². The summed E-state index contributed by atoms with van der Waals surface area (Å²) < 4.78 is 21.8. The first-order chi connectivity index (χ1) is 12.8. The predicted octanol–water partition coefficient (Wildman–Crippen LogP) is 1.52. The molecule has 8 heteroatoms. The van der Waals surface area contributed by atoms with Crippen LogP contribution in [0.5, 0.6) is 5.75 Å². The van der Waals surface area contributed by atoms with E-state index in [0.717, 1.165) is 38.5 Å². The van der Waals surface area contributed by atoms with Gasteiger partial charge in [-0.05, 0) is 24.3 Å². The second kappa shape index (κ2) is 7.67. The molecule has 26 heavy (non-hydrogen) atoms. The third-order valence-electron chi connectivity index (χ3n) is 4.23. The number of halogens is 1. The Morgan fingerprint density at radius 3 is 2.77 bits per heavy atom. The smallest absolute Gasteiger partial charge is 0.165 e. The number of nitrogens with zero attached hydrogens (tertiary/aromatic N) is 3. The fourth-order valence-corrected chi connectivity index (χ4v) is 2.90. The second-order valence-corrected chi connectivity index (χ2v) is 6.06. The van der Waals surface area contributed by atoms with E-state index in [9.17, 15) is 4.39 Å². The van der Waals surface area contributed by atoms with Crippen LogP contribution in [0.25, 0.3) is 16.8 Å². The number of hydrogen-bond donors (Lipinski definition) is 3. The van der Waals surface area contributed by atoms with Crippen molar-refractivity contribution in [2.24, 2.45) is 0 Å². The fraction of sp³-hybridized carbons (Fsp3) is 0.333. The van der Waals surface area contributed by atoms with E-state index < -0.39 is 0 Å². The van der Waals surface area contributed by atoms with Crippen LogP contribution in [0.2, 0.25) is 0 Å². The van der Waals surface area contributed by atoms with Gasteiger partial charge < -0.3 is 20.7 Å². The van der Waals surface area contributed by atoms with E-state index in [1.807, 2.05) is 12.3 Å². The van der Waals surface area contributed by atoms with Gasteiger partial charge in [0.15, 0.2) is 5.65 Å². The van der Waals surface area contributed by atoms with E-state index in [-0.39, 0.29) is 5.82 Å². The van der Waals surface area contributed by atoms with Gasteiger partial charge in [0.2, 0.25) is 0 Å². The zero-order chi connectivity index (χ0) is 17.8. The standard InChI is InChI=1S/C18H21FN6O/c19-16-2-1-13-11-14(16)15-12-23-25-9-3-17(24-18(15)25)22-7-6-20-4-5-21-8-10-26-13/h1-3,9,11-12,20-21H,4-8,10H2,(H,22,24). The van der Waals surface area contributed by atoms with Gasteiger partial charge >= 0.3 is 0 Å². The van der Waals surface area contributed by atoms with Gasteiger partial charge in [0, 0.05) is 50.0 Å². The van der Waals surface area contributed by atoms with Crippen LogP contribution in [0.1, 0.15) is 0 Å². The van der Waals surface area contributed by atoms with E-state index in [1.54, 1.807) is 22.8 Å². The summed E-state index contributed by atoms with van der Waals surface area (Å²) in [5.74, 6) is 1.03. The van der Waals surface area contributed by atoms with Crippen LogP contribution in [0.3, 0.4) is 0 Å². The molecule has 1 aliphatic heterocycles. The Balaban J connectivity index is 1.73. The Morgan fingerprint density at radius 2 is 1.85 bits per heavy atom. The highest BCUT2D eigenvalue weighted by atomic mass is 19.1. The van der Waals surface area contributed by atoms with Crippen LogP contribution in [0, 0.1) is 5.82 Å². The van der Waals surface area contributed by atoms with E-state index in [4.69, 9.17) is 4.74 Å². The lowest BCUT2D eigenvalue weighted by Crippen LogP contribution is -2.32. The van der Waals surface area contributed by atoms with Crippen LogP contribution < -0.4 is 20.7 Å². The Kier molecular flexibility index (Phi) is 4.94. The van der Waals surface area contributed by atoms with Crippen molar-refractivity contribution < 1.29 is 9.13 Å². The molecule has 1 aromatic carbocycles. The van der Waals surface area contributed by atoms with Crippen molar-refractivity contribution in [3.8, 4) is 16.9 Å². The number of fused-ring (bicyclic) bond motifs is 4. The van der Waals surface area contributed by atoms with Gasteiger partial charge in [-0.15, -0.1) is 0 Å². The maximum atomic E-state index is 14.5. The van der Waals surface area contributed by atoms with Crippen molar-refractivity contribution in [1.29, 1.82) is 0 Å². The van der Waals surface area contributed by atoms with Crippen LogP contribution in [-0.4, -0.2) is 53.9 Å². The van der Waals surface area contributed by atoms with E-state index >= 15 is 0 Å². The number of nitrogens with one attached hydrogen (secondary N) is 3. The average molecular weight is 356 g/mol. The summed E-state index contributed by atoms with van der Waals surface area (Å²) in [7, 11) is 0. The molecule has 136 valence electrons. The Morgan fingerprint density at radius 1 is 1.00 bits per heavy atom. The molecule has 0 saturated heterocycles. The van der Waals surface area contributed by atoms with Crippen molar-refractivity contribution in [3.63, 3.8) is 0 Å². The fourth-order valence-electron chi connectivity index (χ4n) is 2.90. The van der Waals surface area contributed by atoms with Gasteiger partial charge in [0.25, 0.3) is 0 Å². The predicted molar refractivity (Wildman–Crippen MR) is 98.1 cm³/mol. The first kappa shape index (κ1) is 16.7. The number of ether oxygens (including phenoxy) is 1. The number of rotatable bonds is 0. The first-order valence-electron chi connectivity index (χ1n) is 8.74. The molecule has 0 aliphatic carbocycles. The van der Waals surface area contributed by atoms with Gasteiger partial charge in [-0.3, -0.25) is 0 Å². The van der Waals surface area contributed by atoms with Crippen LogP contribution in [-0.2, 0) is 0 Å². The number of aromatic nitrogens is 3. The van der Waals surface area contributed by atoms with Crippen LogP contribution in [0.15, 0.2) is 36.7 Å². The summed E-state index contributed by atoms with van der Waals surface area (Å²) in [6, 6.07) is 6.62. The summed E-state index contributed by atoms with van der Waals surface area (Å²) in [5, 5.41) is 14.2. The quantitative estimate of drug-likeness (QED) is 0.567. The SMILES string of the molecule is Fc1ccc2cc1-c1cnn3ccc(nc13)NCCNCCNCCO2. The monoisotopic (exact) mass is 356 g/mol. The molecule has 0 amide bonds. The van der Waals surface area contributed by atoms with Gasteiger partial charge in [0.05, 0.1) is 6.20 Å². The largest absolute Gasteiger partial charge is 0.492 e. The molecule has 4 rings (SSSR count). The Hall–Kier alpha value is -2.71. The maximum absolute atomic E-state index is 14.5. The minimum atomic E-state index is -0.326. The van der Waals surface area contributed by atoms with Crippen molar-refractivity contribution in [1.82, 2.24) is 25.2 Å². The minimum Gasteiger partial charge on any atom is -0.492 e. The third-order valence-corrected chi connectivity index (χ3v) is 4.23. The minimum absolute atomic E-state index is 0.326. The summed E-state index contributed by atoms with van der Waals surface area (Å²) in [4.78, 5) is 4.60. The van der Waals surface area contributed by atoms with E-state index in [0.29, 0.717) is 29.1 Å². The molecule has 3 aromatic rings. The molecule has 0 spiro atoms. The van der Waals surface area contributed by atoms with Crippen LogP contribution >= 0.6 is 0 Å². The normalized spacial score (nSPS) is 16.0. The van der Waals surface area contributed by atoms with Crippen LogP contribution in [0.4, 0.5) is 10.2 Å². The lowest BCUT2D eigenvalue weighted by molar-refractivity contribution is 0.314. The average Bonchev–Trinajstić information content (AvgIpc) is 3.07. The highest BCUT2D eigenvalue weighted by Crippen LogP contribution is 2.30. The summed E-state index contributed by atoms with van der Waals surface area (Å²) in [6.45, 7) is 4.56. The molecule has 0 radical (unpaired) electrons. The van der Waals surface area contributed by atoms with Crippen molar-refractivity contribution in [2.45, 2.75) is 0 Å². The van der Waals surface area contributed by atoms with Gasteiger partial charge in [0.1, 0.15) is 24.0 Å². The second-order valence-electron chi connectivity index (χ2n) is 6.06. The summed E-state index contributed by atoms with van der Waals surface area (Å²) in [6.07, 6.45) is 3.45. The zero-order valence-corrected chi connectivity index (χ0v) is 14.3. The highest BCUT2D eigenvalue weighted by Gasteiger charge is 2.14. The molecule has 4 bridgehead atoms. The third kappa shape index (κ3) is 3.61. The van der Waals surface area contributed by atoms with Gasteiger partial charge in [-0.25, -0.2) is 13.9 Å². The number of anilines is 1. The topological polar surface area (TPSA) is 75.5 Å². The molecule has 2 aromatic heterocycles. The highest BCUT2D eigenvalue weighted by molar-refractivity contribution is 5.78. The molecule has 0 atom stereocenters. The number of hydrogen-bond acceptors (Lipinski definition) is 6. The lowest BCUT2D eigenvalue weighted by atomic mass is 10.1. The first-order valence-corrected chi connectivity index (χ1v) is 8.74. The molecular weight excluding hydrogens is 335 g/mol. The molecule has 3 N–H and O–H groups in total. The molecule has 3 heterocycles. The lowest BCUT2D eigenvalue weighted by Gasteiger charge is -2.09. The molecule has 1 aliphatic rings. The molecule has 0 unspecified atom stereocenters. The molecule has 0 fully saturated rings. The van der Waals surface area contributed by atoms with E-state index in [2.05, 4.69) is 26.0 Å². The Labute approximate surface area is 150 Å². The Bertz CT molecular complexity index is 897. The maximum Gasteiger partial charge on any atom is 0.165 e. The van der Waals surface area contributed by atoms with Gasteiger partial charge in [-0.1, -0.05) is 0 Å². The summed E-state index contributed by atoms with van der Waals surface area (Å²) in [5.41, 5.74) is 1.67. The number of benzene rings is 1. The molecule has 7 nitrogen and oxygen atoms in total. The zero-order valence-electron chi connectivity index (χ0n) is 14.3.